The lowest BCUT2D eigenvalue weighted by atomic mass is 9.94. The summed E-state index contributed by atoms with van der Waals surface area (Å²) in [6, 6.07) is 5.44. The number of methoxy groups -OCH3 is 1. The summed E-state index contributed by atoms with van der Waals surface area (Å²) in [6.07, 6.45) is 4.15. The number of nitrogens with zero attached hydrogens (tertiary/aromatic N) is 2. The lowest BCUT2D eigenvalue weighted by Gasteiger charge is -2.33. The standard InChI is InChI=1S/C24H33ClN4O4/c1-24(2,3)33-23(31)29-11-8-16(9-12-29)7-10-26-15-21(30)28-20-14-27-19-6-5-17(32-4)13-18(19)22(20)25/h5-6,13-14,16,26H,7-12,15H2,1-4H3,(H,28,30). The molecule has 0 bridgehead atoms. The number of carbonyl (C=O) groups excluding carboxylic acids is 2. The molecule has 2 aromatic rings. The molecule has 2 N–H and O–H groups in total. The summed E-state index contributed by atoms with van der Waals surface area (Å²) < 4.78 is 10.7. The van der Waals surface area contributed by atoms with Gasteiger partial charge in [-0.25, -0.2) is 4.79 Å². The van der Waals surface area contributed by atoms with Crippen LogP contribution in [0.25, 0.3) is 10.9 Å². The van der Waals surface area contributed by atoms with E-state index in [0.29, 0.717) is 35.5 Å². The number of fused-ring (bicyclic) bond motifs is 1. The normalized spacial score (nSPS) is 14.9. The number of ether oxygens (including phenoxy) is 2. The van der Waals surface area contributed by atoms with Gasteiger partial charge in [0.05, 0.1) is 36.1 Å². The Hall–Kier alpha value is -2.58. The molecule has 8 nitrogen and oxygen atoms in total. The van der Waals surface area contributed by atoms with Crippen LogP contribution in [0.1, 0.15) is 40.0 Å². The number of aromatic nitrogens is 1. The maximum atomic E-state index is 12.4. The number of amides is 2. The summed E-state index contributed by atoms with van der Waals surface area (Å²) in [6.45, 7) is 7.95. The molecule has 1 aliphatic rings. The number of pyridine rings is 1. The molecule has 1 fully saturated rings. The zero-order chi connectivity index (χ0) is 24.0. The molecule has 0 spiro atoms. The molecule has 9 heteroatoms. The number of rotatable bonds is 7. The second-order valence-electron chi connectivity index (χ2n) is 9.29. The van der Waals surface area contributed by atoms with Crippen LogP contribution >= 0.6 is 11.6 Å². The second-order valence-corrected chi connectivity index (χ2v) is 9.67. The monoisotopic (exact) mass is 476 g/mol. The van der Waals surface area contributed by atoms with Crippen molar-refractivity contribution in [1.29, 1.82) is 0 Å². The largest absolute Gasteiger partial charge is 0.497 e. The van der Waals surface area contributed by atoms with Gasteiger partial charge in [-0.1, -0.05) is 11.6 Å². The third kappa shape index (κ3) is 7.20. The van der Waals surface area contributed by atoms with E-state index in [1.807, 2.05) is 32.9 Å². The van der Waals surface area contributed by atoms with Gasteiger partial charge in [-0.15, -0.1) is 0 Å². The minimum atomic E-state index is -0.474. The SMILES string of the molecule is COc1ccc2ncc(NC(=O)CNCCC3CCN(C(=O)OC(C)(C)C)CC3)c(Cl)c2c1. The summed E-state index contributed by atoms with van der Waals surface area (Å²) in [5, 5.41) is 7.17. The molecule has 1 saturated heterocycles. The van der Waals surface area contributed by atoms with Gasteiger partial charge >= 0.3 is 6.09 Å². The Bertz CT molecular complexity index is 984. The number of hydrogen-bond donors (Lipinski definition) is 2. The zero-order valence-electron chi connectivity index (χ0n) is 19.7. The van der Waals surface area contributed by atoms with Crippen molar-refractivity contribution in [3.8, 4) is 5.75 Å². The topological polar surface area (TPSA) is 92.8 Å². The van der Waals surface area contributed by atoms with E-state index < -0.39 is 5.60 Å². The first-order valence-corrected chi connectivity index (χ1v) is 11.6. The molecule has 180 valence electrons. The van der Waals surface area contributed by atoms with Crippen LogP contribution in [0.15, 0.2) is 24.4 Å². The van der Waals surface area contributed by atoms with Crippen LogP contribution in [0.5, 0.6) is 5.75 Å². The quantitative estimate of drug-likeness (QED) is 0.573. The molecule has 0 unspecified atom stereocenters. The van der Waals surface area contributed by atoms with E-state index >= 15 is 0 Å². The Morgan fingerprint density at radius 1 is 1.24 bits per heavy atom. The van der Waals surface area contributed by atoms with Crippen LogP contribution in [0.2, 0.25) is 5.02 Å². The second kappa shape index (κ2) is 11.0. The van der Waals surface area contributed by atoms with E-state index in [-0.39, 0.29) is 18.5 Å². The number of benzene rings is 1. The maximum absolute atomic E-state index is 12.4. The number of nitrogens with one attached hydrogen (secondary N) is 2. The summed E-state index contributed by atoms with van der Waals surface area (Å²) in [4.78, 5) is 30.7. The lowest BCUT2D eigenvalue weighted by molar-refractivity contribution is -0.115. The molecule has 33 heavy (non-hydrogen) atoms. The van der Waals surface area contributed by atoms with E-state index in [4.69, 9.17) is 21.1 Å². The van der Waals surface area contributed by atoms with E-state index in [9.17, 15) is 9.59 Å². The summed E-state index contributed by atoms with van der Waals surface area (Å²) in [5.74, 6) is 1.02. The van der Waals surface area contributed by atoms with Gasteiger partial charge < -0.3 is 25.0 Å². The van der Waals surface area contributed by atoms with Gasteiger partial charge in [0.25, 0.3) is 0 Å². The van der Waals surface area contributed by atoms with Gasteiger partial charge in [-0.2, -0.15) is 0 Å². The predicted molar refractivity (Wildman–Crippen MR) is 130 cm³/mol. The van der Waals surface area contributed by atoms with Crippen LogP contribution in [0, 0.1) is 5.92 Å². The van der Waals surface area contributed by atoms with Crippen molar-refractivity contribution >= 4 is 40.2 Å². The van der Waals surface area contributed by atoms with Crippen LogP contribution in [0.3, 0.4) is 0 Å². The van der Waals surface area contributed by atoms with Crippen molar-refractivity contribution < 1.29 is 19.1 Å². The minimum absolute atomic E-state index is 0.180. The molecule has 1 aromatic carbocycles. The van der Waals surface area contributed by atoms with E-state index in [1.54, 1.807) is 24.3 Å². The Kier molecular flexibility index (Phi) is 8.37. The highest BCUT2D eigenvalue weighted by Gasteiger charge is 2.26. The fourth-order valence-electron chi connectivity index (χ4n) is 3.79. The van der Waals surface area contributed by atoms with Gasteiger partial charge in [0.2, 0.25) is 5.91 Å². The van der Waals surface area contributed by atoms with Gasteiger partial charge in [-0.3, -0.25) is 9.78 Å². The number of halogens is 1. The Labute approximate surface area is 200 Å². The molecule has 1 aliphatic heterocycles. The minimum Gasteiger partial charge on any atom is -0.497 e. The van der Waals surface area contributed by atoms with Crippen LogP contribution in [-0.2, 0) is 9.53 Å². The molecule has 0 saturated carbocycles. The molecular formula is C24H33ClN4O4. The molecule has 1 aromatic heterocycles. The van der Waals surface area contributed by atoms with E-state index in [2.05, 4.69) is 15.6 Å². The van der Waals surface area contributed by atoms with Crippen molar-refractivity contribution in [2.24, 2.45) is 5.92 Å². The summed E-state index contributed by atoms with van der Waals surface area (Å²) >= 11 is 6.48. The molecule has 3 rings (SSSR count). The number of carbonyl (C=O) groups is 2. The summed E-state index contributed by atoms with van der Waals surface area (Å²) in [5.41, 5.74) is 0.728. The van der Waals surface area contributed by atoms with Gasteiger partial charge in [-0.05, 0) is 70.7 Å². The van der Waals surface area contributed by atoms with Crippen LogP contribution in [-0.4, -0.2) is 60.8 Å². The Morgan fingerprint density at radius 2 is 1.97 bits per heavy atom. The van der Waals surface area contributed by atoms with Crippen molar-refractivity contribution in [3.05, 3.63) is 29.4 Å². The van der Waals surface area contributed by atoms with E-state index in [1.165, 1.54) is 0 Å². The van der Waals surface area contributed by atoms with Crippen molar-refractivity contribution in [3.63, 3.8) is 0 Å². The first kappa shape index (κ1) is 25.1. The molecule has 0 radical (unpaired) electrons. The molecular weight excluding hydrogens is 444 g/mol. The number of anilines is 1. The van der Waals surface area contributed by atoms with Gasteiger partial charge in [0.15, 0.2) is 0 Å². The smallest absolute Gasteiger partial charge is 0.410 e. The maximum Gasteiger partial charge on any atom is 0.410 e. The average Bonchev–Trinajstić information content (AvgIpc) is 2.77. The highest BCUT2D eigenvalue weighted by atomic mass is 35.5. The predicted octanol–water partition coefficient (Wildman–Crippen LogP) is 4.46. The van der Waals surface area contributed by atoms with Crippen LogP contribution < -0.4 is 15.4 Å². The Morgan fingerprint density at radius 3 is 2.64 bits per heavy atom. The van der Waals surface area contributed by atoms with Gasteiger partial charge in [0, 0.05) is 18.5 Å². The van der Waals surface area contributed by atoms with Gasteiger partial charge in [0.1, 0.15) is 11.4 Å². The third-order valence-electron chi connectivity index (χ3n) is 5.56. The number of piperidine rings is 1. The van der Waals surface area contributed by atoms with Crippen LogP contribution in [0.4, 0.5) is 10.5 Å². The first-order valence-electron chi connectivity index (χ1n) is 11.3. The fourth-order valence-corrected chi connectivity index (χ4v) is 4.03. The first-order chi connectivity index (χ1) is 15.7. The highest BCUT2D eigenvalue weighted by Crippen LogP contribution is 2.31. The molecule has 0 aliphatic carbocycles. The van der Waals surface area contributed by atoms with E-state index in [0.717, 1.165) is 36.7 Å². The molecule has 0 atom stereocenters. The lowest BCUT2D eigenvalue weighted by Crippen LogP contribution is -2.42. The third-order valence-corrected chi connectivity index (χ3v) is 5.97. The van der Waals surface area contributed by atoms with Crippen molar-refractivity contribution in [2.75, 3.05) is 38.6 Å². The summed E-state index contributed by atoms with van der Waals surface area (Å²) in [7, 11) is 1.59. The number of likely N-dealkylation sites (tertiary alicyclic amines) is 1. The van der Waals surface area contributed by atoms with Crippen molar-refractivity contribution in [1.82, 2.24) is 15.2 Å². The molecule has 2 heterocycles. The van der Waals surface area contributed by atoms with Crippen molar-refractivity contribution in [2.45, 2.75) is 45.6 Å². The Balaban J connectivity index is 1.39. The molecule has 2 amide bonds. The average molecular weight is 477 g/mol. The zero-order valence-corrected chi connectivity index (χ0v) is 20.5. The number of hydrogen-bond acceptors (Lipinski definition) is 6. The fraction of sp³-hybridized carbons (Fsp3) is 0.542. The highest BCUT2D eigenvalue weighted by molar-refractivity contribution is 6.38.